The van der Waals surface area contributed by atoms with Gasteiger partial charge >= 0.3 is 145 Å². The predicted octanol–water partition coefficient (Wildman–Crippen LogP) is 5.61. The molecule has 2 atom stereocenters. The van der Waals surface area contributed by atoms with Crippen LogP contribution in [0.25, 0.3) is 0 Å². The molecule has 0 aliphatic carbocycles. The third-order valence-corrected chi connectivity index (χ3v) is 14.1. The average Bonchev–Trinajstić information content (AvgIpc) is 2.79. The van der Waals surface area contributed by atoms with Gasteiger partial charge in [-0.25, -0.2) is 0 Å². The van der Waals surface area contributed by atoms with Crippen LogP contribution in [0.4, 0.5) is 0 Å². The Balaban J connectivity index is 2.44. The molecule has 0 unspecified atom stereocenters. The van der Waals surface area contributed by atoms with Crippen molar-refractivity contribution in [2.75, 3.05) is 6.61 Å². The Morgan fingerprint density at radius 3 is 2.18 bits per heavy atom. The third kappa shape index (κ3) is 4.64. The van der Waals surface area contributed by atoms with E-state index in [-0.39, 0.29) is 6.10 Å². The van der Waals surface area contributed by atoms with E-state index in [1.807, 2.05) is 0 Å². The summed E-state index contributed by atoms with van der Waals surface area (Å²) < 4.78 is 10.4. The topological polar surface area (TPSA) is 9.23 Å². The van der Waals surface area contributed by atoms with E-state index in [1.54, 1.807) is 0 Å². The van der Waals surface area contributed by atoms with Gasteiger partial charge in [0.2, 0.25) is 0 Å². The molecular weight excluding hydrogens is 482 g/mol. The number of benzene rings is 1. The summed E-state index contributed by atoms with van der Waals surface area (Å²) in [4.78, 5) is 14.8. The van der Waals surface area contributed by atoms with Crippen LogP contribution in [0.5, 0.6) is 0 Å². The van der Waals surface area contributed by atoms with E-state index in [1.165, 1.54) is 14.7 Å². The van der Waals surface area contributed by atoms with E-state index >= 15 is 0 Å². The molecule has 1 nitrogen and oxygen atoms in total. The van der Waals surface area contributed by atoms with Crippen LogP contribution < -0.4 is 0 Å². The third-order valence-electron chi connectivity index (χ3n) is 4.22. The number of rotatable bonds is 4. The van der Waals surface area contributed by atoms with Crippen molar-refractivity contribution in [2.24, 2.45) is 5.92 Å². The molecule has 1 saturated heterocycles. The molecule has 120 valence electrons. The van der Waals surface area contributed by atoms with Gasteiger partial charge in [0.15, 0.2) is 0 Å². The van der Waals surface area contributed by atoms with Crippen molar-refractivity contribution in [3.8, 4) is 0 Å². The molecule has 1 heterocycles. The van der Waals surface area contributed by atoms with Gasteiger partial charge in [-0.3, -0.25) is 0 Å². The van der Waals surface area contributed by atoms with E-state index in [2.05, 4.69) is 70.6 Å². The SMILES string of the molecule is C=[C]([C@@H]1/C(=[CH]\[Sn]([CH3])([CH3])[CH3])CO[C@H]1c1ccccc1)[Sn]([CH3])([CH3])[CH3]. The summed E-state index contributed by atoms with van der Waals surface area (Å²) in [6, 6.07) is 10.7. The van der Waals surface area contributed by atoms with Crippen molar-refractivity contribution in [2.45, 2.75) is 35.7 Å². The number of hydrogen-bond donors (Lipinski definition) is 0. The van der Waals surface area contributed by atoms with E-state index in [4.69, 9.17) is 4.74 Å². The first kappa shape index (κ1) is 18.6. The van der Waals surface area contributed by atoms with Crippen LogP contribution in [0.2, 0.25) is 29.6 Å². The van der Waals surface area contributed by atoms with Gasteiger partial charge in [0, 0.05) is 0 Å². The molecule has 1 aromatic rings. The summed E-state index contributed by atoms with van der Waals surface area (Å²) >= 11 is -4.17. The van der Waals surface area contributed by atoms with Gasteiger partial charge in [-0.2, -0.15) is 0 Å². The monoisotopic (exact) mass is 514 g/mol. The van der Waals surface area contributed by atoms with Crippen LogP contribution in [-0.4, -0.2) is 43.4 Å². The Bertz CT molecular complexity index is 561. The summed E-state index contributed by atoms with van der Waals surface area (Å²) in [5, 5.41) is 0. The quantitative estimate of drug-likeness (QED) is 0.477. The van der Waals surface area contributed by atoms with Gasteiger partial charge < -0.3 is 0 Å². The van der Waals surface area contributed by atoms with Crippen LogP contribution in [0.15, 0.2) is 50.2 Å². The maximum atomic E-state index is 6.26. The van der Waals surface area contributed by atoms with Crippen LogP contribution in [-0.2, 0) is 4.74 Å². The van der Waals surface area contributed by atoms with Crippen molar-refractivity contribution < 1.29 is 4.74 Å². The predicted molar refractivity (Wildman–Crippen MR) is 103 cm³/mol. The Morgan fingerprint density at radius 1 is 1.09 bits per heavy atom. The first-order valence-electron chi connectivity index (χ1n) is 8.17. The first-order valence-corrected chi connectivity index (χ1v) is 28.4. The fraction of sp³-hybridized carbons (Fsp3) is 0.474. The van der Waals surface area contributed by atoms with Crippen molar-refractivity contribution in [1.82, 2.24) is 0 Å². The Kier molecular flexibility index (Phi) is 5.93. The fourth-order valence-electron chi connectivity index (χ4n) is 3.06. The molecule has 1 fully saturated rings. The van der Waals surface area contributed by atoms with Crippen LogP contribution in [0.1, 0.15) is 11.7 Å². The molecule has 0 bridgehead atoms. The van der Waals surface area contributed by atoms with Gasteiger partial charge in [0.1, 0.15) is 0 Å². The molecule has 3 heteroatoms. The molecular formula is C19H30OSn2. The van der Waals surface area contributed by atoms with E-state index < -0.39 is 36.8 Å². The molecule has 22 heavy (non-hydrogen) atoms. The Hall–Kier alpha value is 0.257. The molecule has 1 aliphatic heterocycles. The standard InChI is InChI=1S/C13H12O.6CH3.2Sn/c1-3-12-10(2)9-14-13(12)11-7-5-4-6-8-11;;;;;;;;/h2,4-8,12-13H,1,9H2;6*1H3;;/t12-,13+;;;;;;;;/m1......../s1. The summed E-state index contributed by atoms with van der Waals surface area (Å²) in [6.07, 6.45) is 0.171. The summed E-state index contributed by atoms with van der Waals surface area (Å²) in [5.41, 5.74) is 2.82. The summed E-state index contributed by atoms with van der Waals surface area (Å²) in [6.45, 7) is 5.35. The molecule has 1 aromatic carbocycles. The maximum absolute atomic E-state index is 6.26. The normalized spacial score (nSPS) is 24.7. The molecule has 0 radical (unpaired) electrons. The minimum atomic E-state index is -2.18. The van der Waals surface area contributed by atoms with E-state index in [0.29, 0.717) is 5.92 Å². The molecule has 0 amide bonds. The number of ether oxygens (including phenoxy) is 1. The van der Waals surface area contributed by atoms with Gasteiger partial charge in [0.05, 0.1) is 0 Å². The van der Waals surface area contributed by atoms with Crippen molar-refractivity contribution in [3.63, 3.8) is 0 Å². The second-order valence-electron chi connectivity index (χ2n) is 8.48. The summed E-state index contributed by atoms with van der Waals surface area (Å²) in [5.74, 6) is 0.411. The Morgan fingerprint density at radius 2 is 1.68 bits per heavy atom. The second-order valence-corrected chi connectivity index (χ2v) is 37.5. The molecule has 0 N–H and O–H groups in total. The van der Waals surface area contributed by atoms with Gasteiger partial charge in [0.25, 0.3) is 0 Å². The zero-order valence-electron chi connectivity index (χ0n) is 14.9. The van der Waals surface area contributed by atoms with Crippen LogP contribution in [0.3, 0.4) is 0 Å². The van der Waals surface area contributed by atoms with Crippen molar-refractivity contribution in [1.29, 1.82) is 0 Å². The molecule has 2 rings (SSSR count). The van der Waals surface area contributed by atoms with Gasteiger partial charge in [-0.05, 0) is 0 Å². The van der Waals surface area contributed by atoms with Crippen LogP contribution >= 0.6 is 0 Å². The molecule has 0 saturated carbocycles. The second kappa shape index (κ2) is 7.02. The molecule has 1 aliphatic rings. The van der Waals surface area contributed by atoms with Gasteiger partial charge in [-0.1, -0.05) is 0 Å². The van der Waals surface area contributed by atoms with Crippen molar-refractivity contribution in [3.05, 3.63) is 55.7 Å². The minimum absolute atomic E-state index is 0.171. The van der Waals surface area contributed by atoms with Crippen LogP contribution in [0, 0.1) is 5.92 Å². The summed E-state index contributed by atoms with van der Waals surface area (Å²) in [7, 11) is 0. The van der Waals surface area contributed by atoms with E-state index in [0.717, 1.165) is 6.61 Å². The first-order chi connectivity index (χ1) is 10.1. The zero-order chi connectivity index (χ0) is 16.5. The zero-order valence-corrected chi connectivity index (χ0v) is 20.6. The number of hydrogen-bond acceptors (Lipinski definition) is 1. The fourth-order valence-corrected chi connectivity index (χ4v) is 10.6. The Labute approximate surface area is 144 Å². The molecule has 0 aromatic heterocycles. The van der Waals surface area contributed by atoms with E-state index in [9.17, 15) is 0 Å². The van der Waals surface area contributed by atoms with Crippen molar-refractivity contribution >= 4 is 36.8 Å². The average molecular weight is 512 g/mol. The van der Waals surface area contributed by atoms with Gasteiger partial charge in [-0.15, -0.1) is 0 Å². The molecule has 0 spiro atoms.